The zero-order chi connectivity index (χ0) is 30.6. The number of carboxylic acids is 1. The Kier molecular flexibility index (Phi) is 9.11. The third kappa shape index (κ3) is 7.20. The van der Waals surface area contributed by atoms with E-state index in [-0.39, 0.29) is 35.2 Å². The van der Waals surface area contributed by atoms with Gasteiger partial charge in [-0.15, -0.1) is 0 Å². The molecule has 0 radical (unpaired) electrons. The van der Waals surface area contributed by atoms with Crippen LogP contribution in [0.15, 0.2) is 60.7 Å². The molecule has 8 nitrogen and oxygen atoms in total. The molecule has 1 atom stereocenters. The van der Waals surface area contributed by atoms with Crippen LogP contribution in [0.5, 0.6) is 11.5 Å². The van der Waals surface area contributed by atoms with Gasteiger partial charge in [-0.25, -0.2) is 18.6 Å². The maximum atomic E-state index is 14.5. The lowest BCUT2D eigenvalue weighted by molar-refractivity contribution is -0.131. The highest BCUT2D eigenvalue weighted by atomic mass is 35.5. The summed E-state index contributed by atoms with van der Waals surface area (Å²) in [5.74, 6) is -0.584. The molecule has 0 unspecified atom stereocenters. The highest BCUT2D eigenvalue weighted by Crippen LogP contribution is 2.27. The molecule has 3 aromatic carbocycles. The van der Waals surface area contributed by atoms with E-state index in [1.807, 2.05) is 18.2 Å². The van der Waals surface area contributed by atoms with Crippen LogP contribution in [0.25, 0.3) is 17.1 Å². The predicted molar refractivity (Wildman–Crippen MR) is 162 cm³/mol. The largest absolute Gasteiger partial charge is 0.490 e. The molecule has 0 saturated carbocycles. The Hall–Kier alpha value is -3.99. The van der Waals surface area contributed by atoms with Crippen molar-refractivity contribution < 1.29 is 32.9 Å². The van der Waals surface area contributed by atoms with E-state index >= 15 is 0 Å². The van der Waals surface area contributed by atoms with Gasteiger partial charge in [0.05, 0.1) is 30.2 Å². The molecular weight excluding hydrogens is 592 g/mol. The minimum Gasteiger partial charge on any atom is -0.490 e. The van der Waals surface area contributed by atoms with Crippen LogP contribution in [0.2, 0.25) is 5.02 Å². The smallest absolute Gasteiger partial charge is 0.328 e. The van der Waals surface area contributed by atoms with Crippen LogP contribution >= 0.6 is 11.6 Å². The molecule has 0 bridgehead atoms. The van der Waals surface area contributed by atoms with Gasteiger partial charge in [0.2, 0.25) is 0 Å². The number of halogens is 3. The summed E-state index contributed by atoms with van der Waals surface area (Å²) in [5.41, 5.74) is 2.88. The van der Waals surface area contributed by atoms with E-state index in [2.05, 4.69) is 9.47 Å². The van der Waals surface area contributed by atoms with E-state index in [0.29, 0.717) is 18.8 Å². The average molecular weight is 624 g/mol. The number of hydrogen-bond donors (Lipinski definition) is 1. The SMILES string of the molecule is O=C(O)/C=C/c1ccc2nc(CN3CCC(Oc4ccc(F)c(COc5ccc(Cl)cc5F)c4)CC3)n(C[C@@H]3CCO3)c2c1. The van der Waals surface area contributed by atoms with Crippen molar-refractivity contribution in [3.63, 3.8) is 0 Å². The van der Waals surface area contributed by atoms with E-state index in [1.54, 1.807) is 18.2 Å². The Morgan fingerprint density at radius 2 is 1.89 bits per heavy atom. The van der Waals surface area contributed by atoms with Gasteiger partial charge in [-0.1, -0.05) is 17.7 Å². The van der Waals surface area contributed by atoms with Gasteiger partial charge in [-0.3, -0.25) is 4.90 Å². The number of imidazole rings is 1. The Morgan fingerprint density at radius 3 is 2.61 bits per heavy atom. The molecule has 2 aliphatic rings. The van der Waals surface area contributed by atoms with Gasteiger partial charge in [0.25, 0.3) is 0 Å². The number of carbonyl (C=O) groups is 1. The predicted octanol–water partition coefficient (Wildman–Crippen LogP) is 6.48. The first-order valence-electron chi connectivity index (χ1n) is 14.6. The maximum absolute atomic E-state index is 14.5. The van der Waals surface area contributed by atoms with Crippen molar-refractivity contribution in [2.45, 2.75) is 51.2 Å². The zero-order valence-electron chi connectivity index (χ0n) is 23.9. The fraction of sp³-hybridized carbons (Fsp3) is 0.333. The number of piperidine rings is 1. The Morgan fingerprint density at radius 1 is 1.07 bits per heavy atom. The third-order valence-electron chi connectivity index (χ3n) is 7.95. The Balaban J connectivity index is 1.08. The summed E-state index contributed by atoms with van der Waals surface area (Å²) < 4.78 is 48.2. The molecular formula is C33H32ClF2N3O5. The molecule has 2 fully saturated rings. The minimum absolute atomic E-state index is 0.00306. The number of aromatic nitrogens is 2. The van der Waals surface area contributed by atoms with Gasteiger partial charge in [0, 0.05) is 36.4 Å². The Labute approximate surface area is 258 Å². The molecule has 0 amide bonds. The summed E-state index contributed by atoms with van der Waals surface area (Å²) in [5, 5.41) is 9.27. The van der Waals surface area contributed by atoms with Gasteiger partial charge < -0.3 is 23.9 Å². The summed E-state index contributed by atoms with van der Waals surface area (Å²) in [6, 6.07) is 14.4. The highest BCUT2D eigenvalue weighted by Gasteiger charge is 2.25. The lowest BCUT2D eigenvalue weighted by atomic mass is 10.1. The summed E-state index contributed by atoms with van der Waals surface area (Å²) in [6.45, 7) is 3.56. The van der Waals surface area contributed by atoms with Crippen molar-refractivity contribution in [1.82, 2.24) is 14.5 Å². The maximum Gasteiger partial charge on any atom is 0.328 e. The molecule has 44 heavy (non-hydrogen) atoms. The van der Waals surface area contributed by atoms with Crippen molar-refractivity contribution >= 4 is 34.7 Å². The molecule has 1 N–H and O–H groups in total. The highest BCUT2D eigenvalue weighted by molar-refractivity contribution is 6.30. The molecule has 0 aliphatic carbocycles. The van der Waals surface area contributed by atoms with Crippen LogP contribution in [0.4, 0.5) is 8.78 Å². The summed E-state index contributed by atoms with van der Waals surface area (Å²) in [6.07, 6.45) is 5.39. The molecule has 11 heteroatoms. The number of fused-ring (bicyclic) bond motifs is 1. The lowest BCUT2D eigenvalue weighted by Gasteiger charge is -2.32. The van der Waals surface area contributed by atoms with Crippen LogP contribution in [0.1, 0.15) is 36.2 Å². The van der Waals surface area contributed by atoms with E-state index in [0.717, 1.165) is 73.5 Å². The number of hydrogen-bond acceptors (Lipinski definition) is 6. The van der Waals surface area contributed by atoms with Gasteiger partial charge in [-0.2, -0.15) is 0 Å². The van der Waals surface area contributed by atoms with E-state index in [4.69, 9.17) is 35.9 Å². The zero-order valence-corrected chi connectivity index (χ0v) is 24.7. The number of nitrogens with zero attached hydrogens (tertiary/aromatic N) is 3. The summed E-state index contributed by atoms with van der Waals surface area (Å²) >= 11 is 5.79. The standard InChI is InChI=1S/C33H32ClF2N3O5/c34-23-3-7-31(28(36)17-23)43-20-22-16-25(4-5-27(22)35)44-24-9-12-38(13-10-24)19-32-37-29-6-1-21(2-8-33(40)41)15-30(29)39(32)18-26-11-14-42-26/h1-8,15-17,24,26H,9-14,18-20H2,(H,40,41)/b8-2+/t26-/m0/s1. The Bertz CT molecular complexity index is 1680. The van der Waals surface area contributed by atoms with Gasteiger partial charge in [0.15, 0.2) is 11.6 Å². The number of aliphatic carboxylic acids is 1. The number of carboxylic acid groups (broad SMARTS) is 1. The van der Waals surface area contributed by atoms with Crippen molar-refractivity contribution in [2.75, 3.05) is 19.7 Å². The van der Waals surface area contributed by atoms with Crippen LogP contribution in [-0.4, -0.2) is 57.4 Å². The van der Waals surface area contributed by atoms with Crippen molar-refractivity contribution in [3.05, 3.63) is 94.3 Å². The van der Waals surface area contributed by atoms with Crippen LogP contribution in [-0.2, 0) is 29.2 Å². The van der Waals surface area contributed by atoms with E-state index in [1.165, 1.54) is 18.2 Å². The van der Waals surface area contributed by atoms with Crippen molar-refractivity contribution in [3.8, 4) is 11.5 Å². The second-order valence-corrected chi connectivity index (χ2v) is 11.5. The second kappa shape index (κ2) is 13.3. The fourth-order valence-corrected chi connectivity index (χ4v) is 5.64. The number of rotatable bonds is 11. The van der Waals surface area contributed by atoms with Crippen LogP contribution in [0.3, 0.4) is 0 Å². The van der Waals surface area contributed by atoms with Gasteiger partial charge >= 0.3 is 5.97 Å². The monoisotopic (exact) mass is 623 g/mol. The van der Waals surface area contributed by atoms with E-state index in [9.17, 15) is 13.6 Å². The fourth-order valence-electron chi connectivity index (χ4n) is 5.48. The summed E-state index contributed by atoms with van der Waals surface area (Å²) in [7, 11) is 0. The first-order valence-corrected chi connectivity index (χ1v) is 15.0. The molecule has 2 saturated heterocycles. The van der Waals surface area contributed by atoms with Crippen molar-refractivity contribution in [2.24, 2.45) is 0 Å². The molecule has 6 rings (SSSR count). The molecule has 3 heterocycles. The molecule has 230 valence electrons. The number of ether oxygens (including phenoxy) is 3. The first-order chi connectivity index (χ1) is 21.3. The quantitative estimate of drug-likeness (QED) is 0.192. The molecule has 4 aromatic rings. The van der Waals surface area contributed by atoms with Crippen LogP contribution < -0.4 is 9.47 Å². The number of benzene rings is 3. The van der Waals surface area contributed by atoms with Gasteiger partial charge in [-0.05, 0) is 79.4 Å². The molecule has 1 aromatic heterocycles. The van der Waals surface area contributed by atoms with Crippen LogP contribution in [0, 0.1) is 11.6 Å². The topological polar surface area (TPSA) is 86.0 Å². The van der Waals surface area contributed by atoms with Crippen molar-refractivity contribution in [1.29, 1.82) is 0 Å². The third-order valence-corrected chi connectivity index (χ3v) is 8.18. The number of likely N-dealkylation sites (tertiary alicyclic amines) is 1. The average Bonchev–Trinajstić information content (AvgIpc) is 3.31. The first kappa shape index (κ1) is 30.1. The minimum atomic E-state index is -0.991. The second-order valence-electron chi connectivity index (χ2n) is 11.0. The molecule has 2 aliphatic heterocycles. The van der Waals surface area contributed by atoms with E-state index < -0.39 is 17.6 Å². The summed E-state index contributed by atoms with van der Waals surface area (Å²) in [4.78, 5) is 18.3. The van der Waals surface area contributed by atoms with Gasteiger partial charge in [0.1, 0.15) is 30.1 Å². The lowest BCUT2D eigenvalue weighted by Crippen LogP contribution is -2.39. The normalized spacial score (nSPS) is 17.7. The molecule has 0 spiro atoms.